The van der Waals surface area contributed by atoms with Gasteiger partial charge in [0.25, 0.3) is 16.7 Å². The maximum Gasteiger partial charge on any atom is 0.360 e. The van der Waals surface area contributed by atoms with E-state index in [2.05, 4.69) is 45.1 Å². The van der Waals surface area contributed by atoms with E-state index in [1.807, 2.05) is 81.9 Å². The van der Waals surface area contributed by atoms with Crippen LogP contribution in [0.15, 0.2) is 103 Å². The van der Waals surface area contributed by atoms with E-state index in [-0.39, 0.29) is 96.7 Å². The van der Waals surface area contributed by atoms with E-state index in [1.54, 1.807) is 4.57 Å². The Hall–Kier alpha value is -8.34. The molecule has 0 radical (unpaired) electrons. The average molecular weight is 1580 g/mol. The SMILES string of the molecule is CO/N=C(\C(=O)O)c1nc2ccccc2n(C2C[C@H]3COC[C@@H](C2)N3C2C[C@H]3CCCC[C@@H](C2)C3)c1=O.CO/N=C(\CCC(=O)O)c1nc2ccccc2n(C2C[C@H]3COC[C@@H](C2)N3C2C[C@H]3CCCC[C@@H](C2)C3)c1=O.COCCO/N=C(\C(=O)O)c1nc2ccccc2n(C2C[C@H]3CCC[C@@H](C2)N3C2C[C@H]3CCC[C@@H](C2)C3)c1=O. The van der Waals surface area contributed by atoms with Crippen molar-refractivity contribution in [1.82, 2.24) is 43.4 Å². The molecule has 6 aliphatic heterocycles. The van der Waals surface area contributed by atoms with Gasteiger partial charge in [-0.15, -0.1) is 0 Å². The van der Waals surface area contributed by atoms with Gasteiger partial charge in [0, 0.05) is 86.0 Å². The number of carboxylic acids is 3. The molecule has 12 fully saturated rings. The summed E-state index contributed by atoms with van der Waals surface area (Å²) in [5.74, 6) is 1.53. The second kappa shape index (κ2) is 36.3. The first-order valence-electron chi connectivity index (χ1n) is 43.2. The van der Waals surface area contributed by atoms with Gasteiger partial charge in [0.2, 0.25) is 11.4 Å². The van der Waals surface area contributed by atoms with E-state index in [4.69, 9.17) is 28.7 Å². The van der Waals surface area contributed by atoms with Crippen molar-refractivity contribution in [2.75, 3.05) is 61.0 Å². The molecular weight excluding hydrogens is 1470 g/mol. The maximum atomic E-state index is 14.1. The number of methoxy groups -OCH3 is 1. The Kier molecular flexibility index (Phi) is 25.4. The third-order valence-corrected chi connectivity index (χ3v) is 28.3. The Morgan fingerprint density at radius 1 is 0.383 bits per heavy atom. The van der Waals surface area contributed by atoms with Crippen LogP contribution >= 0.6 is 0 Å². The zero-order chi connectivity index (χ0) is 79.4. The van der Waals surface area contributed by atoms with Crippen molar-refractivity contribution >= 4 is 68.1 Å². The number of carbonyl (C=O) groups is 3. The first kappa shape index (κ1) is 80.5. The van der Waals surface area contributed by atoms with E-state index in [0.717, 1.165) is 90.6 Å². The van der Waals surface area contributed by atoms with Crippen molar-refractivity contribution in [3.05, 3.63) is 121 Å². The number of carboxylic acid groups (broad SMARTS) is 3. The van der Waals surface area contributed by atoms with Gasteiger partial charge in [-0.3, -0.25) is 33.9 Å². The molecule has 0 amide bonds. The quantitative estimate of drug-likeness (QED) is 0.0363. The average Bonchev–Trinajstić information content (AvgIpc) is 1.48. The smallest absolute Gasteiger partial charge is 0.360 e. The van der Waals surface area contributed by atoms with Gasteiger partial charge in [0.1, 0.15) is 26.5 Å². The zero-order valence-electron chi connectivity index (χ0n) is 67.1. The highest BCUT2D eigenvalue weighted by atomic mass is 16.6. The number of hydrogen-bond donors (Lipinski definition) is 3. The summed E-state index contributed by atoms with van der Waals surface area (Å²) in [5.41, 5.74) is 2.22. The minimum atomic E-state index is -1.34. The van der Waals surface area contributed by atoms with Crippen molar-refractivity contribution in [3.63, 3.8) is 0 Å². The van der Waals surface area contributed by atoms with Gasteiger partial charge in [-0.1, -0.05) is 129 Å². The van der Waals surface area contributed by atoms with Gasteiger partial charge in [-0.25, -0.2) is 24.5 Å². The minimum Gasteiger partial charge on any atom is -0.481 e. The first-order valence-corrected chi connectivity index (χ1v) is 43.2. The number of oxime groups is 3. The zero-order valence-corrected chi connectivity index (χ0v) is 67.1. The highest BCUT2D eigenvalue weighted by Crippen LogP contribution is 2.50. The lowest BCUT2D eigenvalue weighted by molar-refractivity contribution is -0.137. The van der Waals surface area contributed by atoms with Crippen molar-refractivity contribution in [2.24, 2.45) is 51.0 Å². The molecule has 12 bridgehead atoms. The van der Waals surface area contributed by atoms with Gasteiger partial charge < -0.3 is 57.7 Å². The normalized spacial score (nSPS) is 31.8. The molecule has 6 saturated carbocycles. The van der Waals surface area contributed by atoms with Crippen LogP contribution in [0.4, 0.5) is 0 Å². The Labute approximate surface area is 671 Å². The van der Waals surface area contributed by atoms with Gasteiger partial charge >= 0.3 is 17.9 Å². The molecule has 27 heteroatoms. The molecule has 27 nitrogen and oxygen atoms in total. The van der Waals surface area contributed by atoms with E-state index in [9.17, 15) is 44.1 Å². The molecule has 0 spiro atoms. The molecule has 3 N–H and O–H groups in total. The van der Waals surface area contributed by atoms with Gasteiger partial charge in [0.15, 0.2) is 17.1 Å². The lowest BCUT2D eigenvalue weighted by atomic mass is 9.68. The third-order valence-electron chi connectivity index (χ3n) is 28.3. The fourth-order valence-electron chi connectivity index (χ4n) is 24.1. The number of benzene rings is 3. The molecule has 6 aliphatic carbocycles. The van der Waals surface area contributed by atoms with E-state index in [0.29, 0.717) is 73.2 Å². The molecule has 115 heavy (non-hydrogen) atoms. The van der Waals surface area contributed by atoms with Crippen LogP contribution in [0.5, 0.6) is 0 Å². The number of para-hydroxylation sites is 6. The number of nitrogens with zero attached hydrogens (tertiary/aromatic N) is 12. The van der Waals surface area contributed by atoms with Gasteiger partial charge in [-0.2, -0.15) is 0 Å². The Bertz CT molecular complexity index is 4690. The summed E-state index contributed by atoms with van der Waals surface area (Å²) in [4.78, 5) is 114. The van der Waals surface area contributed by atoms with Crippen LogP contribution in [0.2, 0.25) is 0 Å². The van der Waals surface area contributed by atoms with Crippen LogP contribution in [0.1, 0.15) is 234 Å². The molecule has 6 aromatic rings. The standard InChI is InChI=1S/2C30H40N4O5.C28H36N4O5/c1-38-12-13-39-32-28(30(36)37)27-29(35)34(26-11-3-2-10-25(26)31-27)24-17-21-8-5-9-22(18-24)33(21)23-15-19-6-4-7-20(14-19)16-23;1-38-32-26(10-11-28(35)36)29-30(37)34(27-9-5-4-8-25(27)31-29)22-15-23-17-39-18-24(16-22)33(23)21-13-19-6-2-3-7-20(12-19)14-21;1-36-30-26(28(34)35)25-27(33)32(24-9-5-4-8-23(24)29-25)20-13-21-15-37-16-22(14-20)31(21)19-11-17-6-2-3-7-18(10-17)12-19/h2-3,10-11,19-24H,4-9,12-18H2,1H3,(H,36,37);4-5,8-9,19-24H,2-3,6-7,10-18H2,1H3,(H,35,36);4-5,8-9,17-22H,2-3,6-7,10-16H2,1H3,(H,34,35)/b32-28-;32-26+;30-26-/t19-,20+,21-,22+,23?,24?;19-,20+,21?,22?,23-,24+;17-,18+,19?,20?,21-,22+. The summed E-state index contributed by atoms with van der Waals surface area (Å²) in [6, 6.07) is 26.5. The van der Waals surface area contributed by atoms with Crippen molar-refractivity contribution < 1.29 is 58.4 Å². The molecular formula is C88H116N12O15. The van der Waals surface area contributed by atoms with Crippen molar-refractivity contribution in [1.29, 1.82) is 0 Å². The highest BCUT2D eigenvalue weighted by Gasteiger charge is 2.50. The van der Waals surface area contributed by atoms with Gasteiger partial charge in [0.05, 0.1) is 72.6 Å². The summed E-state index contributed by atoms with van der Waals surface area (Å²) < 4.78 is 22.6. The van der Waals surface area contributed by atoms with Gasteiger partial charge in [-0.05, 0) is 181 Å². The van der Waals surface area contributed by atoms with E-state index in [1.165, 1.54) is 169 Å². The molecule has 3 aromatic carbocycles. The Balaban J connectivity index is 0.000000130. The number of aromatic nitrogens is 6. The Morgan fingerprint density at radius 3 is 1.10 bits per heavy atom. The monoisotopic (exact) mass is 1580 g/mol. The lowest BCUT2D eigenvalue weighted by Gasteiger charge is -2.55. The second-order valence-corrected chi connectivity index (χ2v) is 35.4. The number of ether oxygens (including phenoxy) is 3. The predicted molar refractivity (Wildman–Crippen MR) is 435 cm³/mol. The van der Waals surface area contributed by atoms with E-state index >= 15 is 0 Å². The summed E-state index contributed by atoms with van der Waals surface area (Å²) in [6.07, 6.45) is 35.8. The number of morpholine rings is 2. The number of hydrogen-bond acceptors (Lipinski definition) is 21. The largest absolute Gasteiger partial charge is 0.481 e. The van der Waals surface area contributed by atoms with Crippen LogP contribution < -0.4 is 16.7 Å². The first-order chi connectivity index (χ1) is 56.1. The minimum absolute atomic E-state index is 0.00781. The molecule has 9 heterocycles. The summed E-state index contributed by atoms with van der Waals surface area (Å²) >= 11 is 0. The summed E-state index contributed by atoms with van der Waals surface area (Å²) in [5, 5.41) is 40.4. The second-order valence-electron chi connectivity index (χ2n) is 35.4. The summed E-state index contributed by atoms with van der Waals surface area (Å²) in [6.45, 7) is 3.11. The Morgan fingerprint density at radius 2 is 0.722 bits per heavy atom. The van der Waals surface area contributed by atoms with Crippen LogP contribution in [0.3, 0.4) is 0 Å². The molecule has 6 unspecified atom stereocenters. The molecule has 18 rings (SSSR count). The number of aliphatic carboxylic acids is 3. The predicted octanol–water partition coefficient (Wildman–Crippen LogP) is 12.3. The topological polar surface area (TPSA) is 319 Å². The number of fused-ring (bicyclic) bond motifs is 15. The van der Waals surface area contributed by atoms with E-state index < -0.39 is 40.4 Å². The number of rotatable bonds is 20. The lowest BCUT2D eigenvalue weighted by Crippen LogP contribution is -2.62. The fraction of sp³-hybridized carbons (Fsp3) is 0.659. The fourth-order valence-corrected chi connectivity index (χ4v) is 24.1. The third kappa shape index (κ3) is 17.4. The van der Waals surface area contributed by atoms with Crippen LogP contribution in [-0.4, -0.2) is 209 Å². The van der Waals surface area contributed by atoms with Crippen LogP contribution in [-0.2, 0) is 43.1 Å². The molecule has 12 aliphatic rings. The van der Waals surface area contributed by atoms with Crippen LogP contribution in [0, 0.1) is 35.5 Å². The molecule has 3 aromatic heterocycles. The molecule has 618 valence electrons. The molecule has 6 saturated heterocycles. The van der Waals surface area contributed by atoms with Crippen molar-refractivity contribution in [2.45, 2.75) is 272 Å². The maximum absolute atomic E-state index is 14.1. The van der Waals surface area contributed by atoms with Crippen LogP contribution in [0.25, 0.3) is 33.1 Å². The summed E-state index contributed by atoms with van der Waals surface area (Å²) in [7, 11) is 4.19. The van der Waals surface area contributed by atoms with Crippen molar-refractivity contribution in [3.8, 4) is 0 Å². The highest BCUT2D eigenvalue weighted by molar-refractivity contribution is 6.42. The number of piperidine rings is 4. The molecule has 18 atom stereocenters.